The second-order valence-electron chi connectivity index (χ2n) is 3.74. The van der Waals surface area contributed by atoms with Gasteiger partial charge in [-0.15, -0.1) is 0 Å². The molecule has 2 aromatic rings. The van der Waals surface area contributed by atoms with Gasteiger partial charge in [-0.05, 0) is 18.2 Å². The molecule has 0 saturated carbocycles. The first-order valence-electron chi connectivity index (χ1n) is 5.54. The predicted octanol–water partition coefficient (Wildman–Crippen LogP) is 1.79. The molecule has 0 radical (unpaired) electrons. The number of hydrogen-bond acceptors (Lipinski definition) is 4. The number of carbonyl (C=O) groups excluding carboxylic acids is 1. The Hall–Kier alpha value is -2.43. The van der Waals surface area contributed by atoms with Crippen LogP contribution < -0.4 is 10.2 Å². The molecule has 0 aromatic carbocycles. The van der Waals surface area contributed by atoms with E-state index in [1.165, 1.54) is 0 Å². The molecular weight excluding hydrogens is 228 g/mol. The van der Waals surface area contributed by atoms with Crippen molar-refractivity contribution in [3.8, 4) is 0 Å². The number of pyridine rings is 2. The minimum atomic E-state index is -0.0899. The highest BCUT2D eigenvalue weighted by Crippen LogP contribution is 2.18. The lowest BCUT2D eigenvalue weighted by atomic mass is 10.2. The molecule has 0 atom stereocenters. The predicted molar refractivity (Wildman–Crippen MR) is 70.8 cm³/mol. The van der Waals surface area contributed by atoms with Crippen molar-refractivity contribution in [2.75, 3.05) is 24.3 Å². The number of nitrogens with one attached hydrogen (secondary N) is 1. The van der Waals surface area contributed by atoms with E-state index in [1.807, 2.05) is 0 Å². The van der Waals surface area contributed by atoms with E-state index in [9.17, 15) is 4.79 Å². The maximum Gasteiger partial charge on any atom is 0.260 e. The van der Waals surface area contributed by atoms with Crippen LogP contribution in [0.25, 0.3) is 0 Å². The minimum Gasteiger partial charge on any atom is -0.386 e. The smallest absolute Gasteiger partial charge is 0.260 e. The Balaban J connectivity index is 2.32. The number of aromatic nitrogens is 2. The maximum atomic E-state index is 12.4. The van der Waals surface area contributed by atoms with Crippen LogP contribution in [0.5, 0.6) is 0 Å². The Kier molecular flexibility index (Phi) is 3.52. The molecule has 0 aliphatic carbocycles. The molecule has 92 valence electrons. The van der Waals surface area contributed by atoms with E-state index in [2.05, 4.69) is 15.3 Å². The fraction of sp³-hybridized carbons (Fsp3) is 0.154. The van der Waals surface area contributed by atoms with Gasteiger partial charge in [0.25, 0.3) is 5.91 Å². The lowest BCUT2D eigenvalue weighted by molar-refractivity contribution is 0.0993. The summed E-state index contributed by atoms with van der Waals surface area (Å²) < 4.78 is 0. The van der Waals surface area contributed by atoms with Gasteiger partial charge in [-0.2, -0.15) is 0 Å². The van der Waals surface area contributed by atoms with Gasteiger partial charge < -0.3 is 10.2 Å². The summed E-state index contributed by atoms with van der Waals surface area (Å²) >= 11 is 0. The highest BCUT2D eigenvalue weighted by molar-refractivity contribution is 6.09. The van der Waals surface area contributed by atoms with Gasteiger partial charge >= 0.3 is 0 Å². The topological polar surface area (TPSA) is 58.1 Å². The Labute approximate surface area is 105 Å². The average molecular weight is 242 g/mol. The Morgan fingerprint density at radius 3 is 2.50 bits per heavy atom. The summed E-state index contributed by atoms with van der Waals surface area (Å²) in [5.74, 6) is -0.0899. The van der Waals surface area contributed by atoms with Crippen LogP contribution in [-0.2, 0) is 0 Å². The Morgan fingerprint density at radius 2 is 1.83 bits per heavy atom. The van der Waals surface area contributed by atoms with Gasteiger partial charge in [0, 0.05) is 38.4 Å². The van der Waals surface area contributed by atoms with Crippen molar-refractivity contribution in [2.45, 2.75) is 0 Å². The summed E-state index contributed by atoms with van der Waals surface area (Å²) in [6.45, 7) is 0. The number of anilines is 2. The van der Waals surface area contributed by atoms with Crippen molar-refractivity contribution in [2.24, 2.45) is 0 Å². The van der Waals surface area contributed by atoms with Crippen LogP contribution in [0.3, 0.4) is 0 Å². The minimum absolute atomic E-state index is 0.0899. The quantitative estimate of drug-likeness (QED) is 0.891. The number of nitrogens with zero attached hydrogens (tertiary/aromatic N) is 3. The first-order valence-corrected chi connectivity index (χ1v) is 5.54. The van der Waals surface area contributed by atoms with Crippen LogP contribution in [0, 0.1) is 0 Å². The van der Waals surface area contributed by atoms with E-state index in [4.69, 9.17) is 0 Å². The van der Waals surface area contributed by atoms with Crippen molar-refractivity contribution in [3.63, 3.8) is 0 Å². The average Bonchev–Trinajstić information content (AvgIpc) is 2.46. The third kappa shape index (κ3) is 2.29. The third-order valence-corrected chi connectivity index (χ3v) is 2.68. The zero-order valence-electron chi connectivity index (χ0n) is 10.3. The molecule has 5 nitrogen and oxygen atoms in total. The van der Waals surface area contributed by atoms with Crippen LogP contribution in [0.4, 0.5) is 11.4 Å². The molecule has 18 heavy (non-hydrogen) atoms. The fourth-order valence-corrected chi connectivity index (χ4v) is 1.65. The first-order chi connectivity index (χ1) is 8.74. The highest BCUT2D eigenvalue weighted by Gasteiger charge is 2.16. The van der Waals surface area contributed by atoms with E-state index in [1.54, 1.807) is 62.0 Å². The molecule has 0 unspecified atom stereocenters. The molecule has 5 heteroatoms. The number of carbonyl (C=O) groups is 1. The molecular formula is C13H14N4O. The molecule has 0 spiro atoms. The molecule has 0 aliphatic heterocycles. The lowest BCUT2D eigenvalue weighted by Crippen LogP contribution is -2.27. The Bertz CT molecular complexity index is 542. The van der Waals surface area contributed by atoms with Gasteiger partial charge in [0.05, 0.1) is 17.4 Å². The molecule has 2 aromatic heterocycles. The maximum absolute atomic E-state index is 12.4. The normalized spacial score (nSPS) is 9.89. The van der Waals surface area contributed by atoms with E-state index in [-0.39, 0.29) is 5.91 Å². The summed E-state index contributed by atoms with van der Waals surface area (Å²) in [6.07, 6.45) is 6.55. The van der Waals surface area contributed by atoms with Gasteiger partial charge in [-0.1, -0.05) is 0 Å². The van der Waals surface area contributed by atoms with Crippen LogP contribution in [0.2, 0.25) is 0 Å². The van der Waals surface area contributed by atoms with E-state index in [0.29, 0.717) is 11.3 Å². The van der Waals surface area contributed by atoms with Crippen LogP contribution in [0.15, 0.2) is 43.0 Å². The van der Waals surface area contributed by atoms with Crippen molar-refractivity contribution >= 4 is 17.3 Å². The fourth-order valence-electron chi connectivity index (χ4n) is 1.65. The zero-order chi connectivity index (χ0) is 13.0. The van der Waals surface area contributed by atoms with Crippen LogP contribution in [0.1, 0.15) is 10.4 Å². The standard InChI is InChI=1S/C13H14N4O/c1-14-12-9-16-8-5-11(12)13(18)17(2)10-3-6-15-7-4-10/h3-9,14H,1-2H3. The second kappa shape index (κ2) is 5.27. The zero-order valence-corrected chi connectivity index (χ0v) is 10.3. The summed E-state index contributed by atoms with van der Waals surface area (Å²) in [7, 11) is 3.50. The van der Waals surface area contributed by atoms with Crippen LogP contribution >= 0.6 is 0 Å². The second-order valence-corrected chi connectivity index (χ2v) is 3.74. The Morgan fingerprint density at radius 1 is 1.17 bits per heavy atom. The van der Waals surface area contributed by atoms with E-state index < -0.39 is 0 Å². The SMILES string of the molecule is CNc1cnccc1C(=O)N(C)c1ccncc1. The van der Waals surface area contributed by atoms with E-state index in [0.717, 1.165) is 5.69 Å². The largest absolute Gasteiger partial charge is 0.386 e. The number of hydrogen-bond donors (Lipinski definition) is 1. The molecule has 1 amide bonds. The van der Waals surface area contributed by atoms with Gasteiger partial charge in [-0.3, -0.25) is 14.8 Å². The van der Waals surface area contributed by atoms with Crippen molar-refractivity contribution in [1.82, 2.24) is 9.97 Å². The number of rotatable bonds is 3. The summed E-state index contributed by atoms with van der Waals surface area (Å²) in [6, 6.07) is 5.28. The molecule has 0 fully saturated rings. The molecule has 1 N–H and O–H groups in total. The molecule has 0 bridgehead atoms. The van der Waals surface area contributed by atoms with Gasteiger partial charge in [0.15, 0.2) is 0 Å². The monoisotopic (exact) mass is 242 g/mol. The summed E-state index contributed by atoms with van der Waals surface area (Å²) in [5, 5.41) is 2.96. The third-order valence-electron chi connectivity index (χ3n) is 2.68. The molecule has 2 rings (SSSR count). The molecule has 0 aliphatic rings. The van der Waals surface area contributed by atoms with Gasteiger partial charge in [-0.25, -0.2) is 0 Å². The highest BCUT2D eigenvalue weighted by atomic mass is 16.2. The van der Waals surface area contributed by atoms with Gasteiger partial charge in [0.1, 0.15) is 0 Å². The number of amides is 1. The van der Waals surface area contributed by atoms with Gasteiger partial charge in [0.2, 0.25) is 0 Å². The van der Waals surface area contributed by atoms with Crippen molar-refractivity contribution in [3.05, 3.63) is 48.5 Å². The summed E-state index contributed by atoms with van der Waals surface area (Å²) in [5.41, 5.74) is 2.10. The lowest BCUT2D eigenvalue weighted by Gasteiger charge is -2.18. The van der Waals surface area contributed by atoms with E-state index >= 15 is 0 Å². The van der Waals surface area contributed by atoms with Crippen molar-refractivity contribution < 1.29 is 4.79 Å². The summed E-state index contributed by atoms with van der Waals surface area (Å²) in [4.78, 5) is 21.9. The molecule has 0 saturated heterocycles. The van der Waals surface area contributed by atoms with Crippen molar-refractivity contribution in [1.29, 1.82) is 0 Å². The molecule has 2 heterocycles. The first kappa shape index (κ1) is 12.0. The van der Waals surface area contributed by atoms with Crippen LogP contribution in [-0.4, -0.2) is 30.0 Å².